The van der Waals surface area contributed by atoms with Gasteiger partial charge in [-0.25, -0.2) is 13.2 Å². The van der Waals surface area contributed by atoms with Crippen LogP contribution < -0.4 is 5.32 Å². The van der Waals surface area contributed by atoms with E-state index in [0.717, 1.165) is 24.5 Å². The minimum absolute atomic E-state index is 0.119. The molecule has 4 heteroatoms. The van der Waals surface area contributed by atoms with Crippen molar-refractivity contribution in [2.45, 2.75) is 18.9 Å². The first-order valence-electron chi connectivity index (χ1n) is 6.61. The molecule has 1 fully saturated rings. The molecule has 1 nitrogen and oxygen atoms in total. The fourth-order valence-corrected chi connectivity index (χ4v) is 2.39. The number of anilines is 1. The highest BCUT2D eigenvalue weighted by molar-refractivity contribution is 5.48. The second-order valence-corrected chi connectivity index (χ2v) is 5.12. The lowest BCUT2D eigenvalue weighted by atomic mass is 10.0. The average molecular weight is 277 g/mol. The van der Waals surface area contributed by atoms with Crippen molar-refractivity contribution in [3.63, 3.8) is 0 Å². The van der Waals surface area contributed by atoms with E-state index in [1.807, 2.05) is 30.3 Å². The van der Waals surface area contributed by atoms with Gasteiger partial charge >= 0.3 is 0 Å². The molecule has 0 heterocycles. The third-order valence-electron chi connectivity index (χ3n) is 3.56. The highest BCUT2D eigenvalue weighted by atomic mass is 19.2. The number of rotatable bonds is 4. The van der Waals surface area contributed by atoms with E-state index >= 15 is 0 Å². The number of nitrogens with one attached hydrogen (secondary N) is 1. The Morgan fingerprint density at radius 1 is 1.00 bits per heavy atom. The maximum absolute atomic E-state index is 13.7. The van der Waals surface area contributed by atoms with Crippen molar-refractivity contribution in [2.24, 2.45) is 5.92 Å². The van der Waals surface area contributed by atoms with Crippen molar-refractivity contribution >= 4 is 5.69 Å². The second kappa shape index (κ2) is 5.19. The molecular weight excluding hydrogens is 263 g/mol. The molecule has 0 spiro atoms. The van der Waals surface area contributed by atoms with Crippen LogP contribution in [0.2, 0.25) is 0 Å². The molecule has 0 radical (unpaired) electrons. The molecule has 1 N–H and O–H groups in total. The second-order valence-electron chi connectivity index (χ2n) is 5.12. The van der Waals surface area contributed by atoms with Gasteiger partial charge in [0.1, 0.15) is 5.82 Å². The predicted octanol–water partition coefficient (Wildman–Crippen LogP) is 4.67. The zero-order valence-electron chi connectivity index (χ0n) is 10.7. The quantitative estimate of drug-likeness (QED) is 0.801. The van der Waals surface area contributed by atoms with E-state index < -0.39 is 17.5 Å². The summed E-state index contributed by atoms with van der Waals surface area (Å²) in [7, 11) is 0. The molecule has 3 rings (SSSR count). The first kappa shape index (κ1) is 13.0. The molecular formula is C16H14F3N. The summed E-state index contributed by atoms with van der Waals surface area (Å²) in [5, 5.41) is 2.95. The molecule has 104 valence electrons. The van der Waals surface area contributed by atoms with Crippen LogP contribution >= 0.6 is 0 Å². The van der Waals surface area contributed by atoms with Gasteiger partial charge in [-0.3, -0.25) is 0 Å². The molecule has 0 amide bonds. The van der Waals surface area contributed by atoms with Crippen molar-refractivity contribution < 1.29 is 13.2 Å². The lowest BCUT2D eigenvalue weighted by molar-refractivity contribution is 0.495. The molecule has 1 unspecified atom stereocenters. The number of benzene rings is 2. The Morgan fingerprint density at radius 3 is 2.35 bits per heavy atom. The van der Waals surface area contributed by atoms with E-state index in [4.69, 9.17) is 0 Å². The smallest absolute Gasteiger partial charge is 0.182 e. The molecule has 2 aromatic rings. The van der Waals surface area contributed by atoms with E-state index in [2.05, 4.69) is 5.32 Å². The molecule has 1 aliphatic rings. The maximum Gasteiger partial charge on any atom is 0.182 e. The fourth-order valence-electron chi connectivity index (χ4n) is 2.39. The highest BCUT2D eigenvalue weighted by Gasteiger charge is 2.33. The summed E-state index contributed by atoms with van der Waals surface area (Å²) in [6.45, 7) is 0. The Hall–Kier alpha value is -1.97. The van der Waals surface area contributed by atoms with E-state index in [-0.39, 0.29) is 11.7 Å². The van der Waals surface area contributed by atoms with Gasteiger partial charge in [0.2, 0.25) is 0 Å². The third kappa shape index (κ3) is 2.64. The summed E-state index contributed by atoms with van der Waals surface area (Å²) in [6, 6.07) is 11.0. The molecule has 2 aromatic carbocycles. The molecule has 1 saturated carbocycles. The monoisotopic (exact) mass is 277 g/mol. The standard InChI is InChI=1S/C16H14F3N/c17-12-8-13(18)15(19)14(9-12)20-16(11-6-7-11)10-4-2-1-3-5-10/h1-5,8-9,11,16,20H,6-7H2. The van der Waals surface area contributed by atoms with Crippen LogP contribution in [0.3, 0.4) is 0 Å². The Bertz CT molecular complexity index is 609. The minimum atomic E-state index is -1.17. The average Bonchev–Trinajstić information content (AvgIpc) is 3.26. The van der Waals surface area contributed by atoms with Crippen LogP contribution in [-0.2, 0) is 0 Å². The molecule has 1 aliphatic carbocycles. The van der Waals surface area contributed by atoms with E-state index in [9.17, 15) is 13.2 Å². The van der Waals surface area contributed by atoms with E-state index in [1.54, 1.807) is 0 Å². The van der Waals surface area contributed by atoms with Crippen LogP contribution in [0, 0.1) is 23.4 Å². The third-order valence-corrected chi connectivity index (χ3v) is 3.56. The number of hydrogen-bond acceptors (Lipinski definition) is 1. The Morgan fingerprint density at radius 2 is 1.70 bits per heavy atom. The molecule has 0 saturated heterocycles. The minimum Gasteiger partial charge on any atom is -0.375 e. The SMILES string of the molecule is Fc1cc(F)c(F)c(NC(c2ccccc2)C2CC2)c1. The maximum atomic E-state index is 13.7. The van der Waals surface area contributed by atoms with Crippen molar-refractivity contribution in [3.8, 4) is 0 Å². The van der Waals surface area contributed by atoms with Crippen molar-refractivity contribution in [1.29, 1.82) is 0 Å². The zero-order valence-corrected chi connectivity index (χ0v) is 10.7. The summed E-state index contributed by atoms with van der Waals surface area (Å²) in [6.07, 6.45) is 2.07. The van der Waals surface area contributed by atoms with Crippen LogP contribution in [0.15, 0.2) is 42.5 Å². The first-order chi connectivity index (χ1) is 9.65. The van der Waals surface area contributed by atoms with Gasteiger partial charge in [0, 0.05) is 12.1 Å². The van der Waals surface area contributed by atoms with Gasteiger partial charge in [-0.05, 0) is 24.3 Å². The lowest BCUT2D eigenvalue weighted by Crippen LogP contribution is -2.14. The predicted molar refractivity (Wildman–Crippen MR) is 71.8 cm³/mol. The summed E-state index contributed by atoms with van der Waals surface area (Å²) in [5.74, 6) is -2.61. The molecule has 20 heavy (non-hydrogen) atoms. The lowest BCUT2D eigenvalue weighted by Gasteiger charge is -2.20. The Labute approximate surface area is 115 Å². The zero-order chi connectivity index (χ0) is 14.1. The van der Waals surface area contributed by atoms with Gasteiger partial charge in [0.25, 0.3) is 0 Å². The summed E-state index contributed by atoms with van der Waals surface area (Å²) < 4.78 is 40.2. The van der Waals surface area contributed by atoms with Crippen molar-refractivity contribution in [2.75, 3.05) is 5.32 Å². The van der Waals surface area contributed by atoms with Crippen molar-refractivity contribution in [1.82, 2.24) is 0 Å². The molecule has 0 aromatic heterocycles. The van der Waals surface area contributed by atoms with Crippen molar-refractivity contribution in [3.05, 3.63) is 65.5 Å². The largest absolute Gasteiger partial charge is 0.375 e. The van der Waals surface area contributed by atoms with Gasteiger partial charge in [-0.15, -0.1) is 0 Å². The van der Waals surface area contributed by atoms with Gasteiger partial charge < -0.3 is 5.32 Å². The normalized spacial score (nSPS) is 15.9. The van der Waals surface area contributed by atoms with Gasteiger partial charge in [0.15, 0.2) is 11.6 Å². The van der Waals surface area contributed by atoms with Crippen LogP contribution in [0.5, 0.6) is 0 Å². The topological polar surface area (TPSA) is 12.0 Å². The Balaban J connectivity index is 1.91. The van der Waals surface area contributed by atoms with Crippen LogP contribution in [-0.4, -0.2) is 0 Å². The summed E-state index contributed by atoms with van der Waals surface area (Å²) in [4.78, 5) is 0. The van der Waals surface area contributed by atoms with Crippen LogP contribution in [0.1, 0.15) is 24.4 Å². The number of hydrogen-bond donors (Lipinski definition) is 1. The van der Waals surface area contributed by atoms with E-state index in [0.29, 0.717) is 12.0 Å². The first-order valence-corrected chi connectivity index (χ1v) is 6.61. The van der Waals surface area contributed by atoms with Crippen LogP contribution in [0.4, 0.5) is 18.9 Å². The number of halogens is 3. The summed E-state index contributed by atoms with van der Waals surface area (Å²) >= 11 is 0. The van der Waals surface area contributed by atoms with Gasteiger partial charge in [-0.1, -0.05) is 30.3 Å². The van der Waals surface area contributed by atoms with Gasteiger partial charge in [-0.2, -0.15) is 0 Å². The van der Waals surface area contributed by atoms with Gasteiger partial charge in [0.05, 0.1) is 11.7 Å². The van der Waals surface area contributed by atoms with E-state index in [1.165, 1.54) is 0 Å². The Kier molecular flexibility index (Phi) is 3.38. The fraction of sp³-hybridized carbons (Fsp3) is 0.250. The summed E-state index contributed by atoms with van der Waals surface area (Å²) in [5.41, 5.74) is 0.877. The highest BCUT2D eigenvalue weighted by Crippen LogP contribution is 2.43. The van der Waals surface area contributed by atoms with Crippen LogP contribution in [0.25, 0.3) is 0 Å². The molecule has 0 bridgehead atoms. The molecule has 1 atom stereocenters. The molecule has 0 aliphatic heterocycles.